The normalized spacial score (nSPS) is 17.3. The second-order valence-electron chi connectivity index (χ2n) is 4.64. The van der Waals surface area contributed by atoms with E-state index in [2.05, 4.69) is 0 Å². The summed E-state index contributed by atoms with van der Waals surface area (Å²) in [5.41, 5.74) is 1.30. The maximum Gasteiger partial charge on any atom is 0.177 e. The minimum atomic E-state index is -0.392. The molecule has 1 aliphatic heterocycles. The van der Waals surface area contributed by atoms with Crippen molar-refractivity contribution >= 4 is 5.78 Å². The Morgan fingerprint density at radius 2 is 1.95 bits per heavy atom. The number of fused-ring (bicyclic) bond motifs is 1. The van der Waals surface area contributed by atoms with Gasteiger partial charge in [0.1, 0.15) is 23.9 Å². The first-order chi connectivity index (χ1) is 9.69. The largest absolute Gasteiger partial charge is 0.497 e. The van der Waals surface area contributed by atoms with E-state index in [-0.39, 0.29) is 18.2 Å². The van der Waals surface area contributed by atoms with Crippen LogP contribution in [0.2, 0.25) is 0 Å². The second-order valence-corrected chi connectivity index (χ2v) is 4.64. The Bertz CT molecular complexity index is 649. The quantitative estimate of drug-likeness (QED) is 0.842. The third-order valence-electron chi connectivity index (χ3n) is 3.45. The van der Waals surface area contributed by atoms with Crippen molar-refractivity contribution in [1.29, 1.82) is 0 Å². The van der Waals surface area contributed by atoms with E-state index in [9.17, 15) is 9.18 Å². The molecular weight excluding hydrogens is 259 g/mol. The molecule has 3 nitrogen and oxygen atoms in total. The van der Waals surface area contributed by atoms with Gasteiger partial charge in [0.25, 0.3) is 0 Å². The van der Waals surface area contributed by atoms with Gasteiger partial charge in [0.15, 0.2) is 5.78 Å². The van der Waals surface area contributed by atoms with Crippen molar-refractivity contribution in [2.75, 3.05) is 13.7 Å². The molecule has 1 aliphatic rings. The van der Waals surface area contributed by atoms with Gasteiger partial charge in [0.05, 0.1) is 18.6 Å². The van der Waals surface area contributed by atoms with Gasteiger partial charge in [-0.2, -0.15) is 0 Å². The van der Waals surface area contributed by atoms with Gasteiger partial charge in [-0.1, -0.05) is 12.1 Å². The molecule has 3 rings (SSSR count). The Kier molecular flexibility index (Phi) is 3.14. The summed E-state index contributed by atoms with van der Waals surface area (Å²) in [6.07, 6.45) is 0. The Morgan fingerprint density at radius 3 is 2.65 bits per heavy atom. The average molecular weight is 272 g/mol. The molecule has 1 heterocycles. The zero-order valence-corrected chi connectivity index (χ0v) is 10.9. The fraction of sp³-hybridized carbons (Fsp3) is 0.188. The first kappa shape index (κ1) is 12.7. The van der Waals surface area contributed by atoms with Crippen LogP contribution in [0.3, 0.4) is 0 Å². The molecular formula is C16H13FO3. The monoisotopic (exact) mass is 272 g/mol. The number of benzene rings is 2. The summed E-state index contributed by atoms with van der Waals surface area (Å²) in [4.78, 5) is 12.5. The predicted octanol–water partition coefficient (Wildman–Crippen LogP) is 3.19. The van der Waals surface area contributed by atoms with E-state index in [1.807, 2.05) is 0 Å². The van der Waals surface area contributed by atoms with Crippen molar-refractivity contribution in [3.05, 3.63) is 59.4 Å². The summed E-state index contributed by atoms with van der Waals surface area (Å²) in [7, 11) is 1.56. The number of carbonyl (C=O) groups excluding carboxylic acids is 1. The van der Waals surface area contributed by atoms with Crippen LogP contribution in [-0.2, 0) is 0 Å². The van der Waals surface area contributed by atoms with Crippen LogP contribution < -0.4 is 9.47 Å². The SMILES string of the molecule is COc1ccc2c(c1)OCC(c1ccc(F)cc1)C2=O. The highest BCUT2D eigenvalue weighted by molar-refractivity contribution is 6.04. The van der Waals surface area contributed by atoms with Crippen molar-refractivity contribution in [3.8, 4) is 11.5 Å². The van der Waals surface area contributed by atoms with E-state index < -0.39 is 5.92 Å². The molecule has 4 heteroatoms. The van der Waals surface area contributed by atoms with Crippen LogP contribution in [0.15, 0.2) is 42.5 Å². The van der Waals surface area contributed by atoms with E-state index in [1.54, 1.807) is 37.4 Å². The smallest absolute Gasteiger partial charge is 0.177 e. The number of methoxy groups -OCH3 is 1. The summed E-state index contributed by atoms with van der Waals surface area (Å²) < 4.78 is 23.7. The molecule has 1 atom stereocenters. The third kappa shape index (κ3) is 2.13. The number of halogens is 1. The highest BCUT2D eigenvalue weighted by Crippen LogP contribution is 2.34. The Morgan fingerprint density at radius 1 is 1.20 bits per heavy atom. The van der Waals surface area contributed by atoms with E-state index >= 15 is 0 Å². The van der Waals surface area contributed by atoms with Gasteiger partial charge >= 0.3 is 0 Å². The van der Waals surface area contributed by atoms with Crippen molar-refractivity contribution in [2.24, 2.45) is 0 Å². The van der Waals surface area contributed by atoms with Crippen LogP contribution in [0, 0.1) is 5.82 Å². The second kappa shape index (κ2) is 4.96. The zero-order valence-electron chi connectivity index (χ0n) is 10.9. The molecule has 0 amide bonds. The highest BCUT2D eigenvalue weighted by atomic mass is 19.1. The molecule has 0 fully saturated rings. The summed E-state index contributed by atoms with van der Waals surface area (Å²) in [5, 5.41) is 0. The first-order valence-corrected chi connectivity index (χ1v) is 6.29. The molecule has 1 unspecified atom stereocenters. The topological polar surface area (TPSA) is 35.5 Å². The van der Waals surface area contributed by atoms with Gasteiger partial charge in [-0.3, -0.25) is 4.79 Å². The number of hydrogen-bond donors (Lipinski definition) is 0. The van der Waals surface area contributed by atoms with Gasteiger partial charge in [-0.05, 0) is 29.8 Å². The van der Waals surface area contributed by atoms with E-state index in [1.165, 1.54) is 12.1 Å². The number of carbonyl (C=O) groups is 1. The van der Waals surface area contributed by atoms with Crippen molar-refractivity contribution < 1.29 is 18.7 Å². The third-order valence-corrected chi connectivity index (χ3v) is 3.45. The number of rotatable bonds is 2. The van der Waals surface area contributed by atoms with Gasteiger partial charge in [-0.25, -0.2) is 4.39 Å². The lowest BCUT2D eigenvalue weighted by Gasteiger charge is -2.24. The molecule has 0 aliphatic carbocycles. The lowest BCUT2D eigenvalue weighted by atomic mass is 9.89. The molecule has 0 aromatic heterocycles. The van der Waals surface area contributed by atoms with E-state index in [0.29, 0.717) is 17.1 Å². The Hall–Kier alpha value is -2.36. The Balaban J connectivity index is 1.94. The van der Waals surface area contributed by atoms with Crippen molar-refractivity contribution in [1.82, 2.24) is 0 Å². The molecule has 2 aromatic rings. The average Bonchev–Trinajstić information content (AvgIpc) is 2.48. The fourth-order valence-electron chi connectivity index (χ4n) is 2.33. The molecule has 2 aromatic carbocycles. The van der Waals surface area contributed by atoms with Crippen LogP contribution in [0.5, 0.6) is 11.5 Å². The highest BCUT2D eigenvalue weighted by Gasteiger charge is 2.30. The number of ether oxygens (including phenoxy) is 2. The summed E-state index contributed by atoms with van der Waals surface area (Å²) in [6.45, 7) is 0.255. The molecule has 0 saturated carbocycles. The summed E-state index contributed by atoms with van der Waals surface area (Å²) >= 11 is 0. The van der Waals surface area contributed by atoms with Gasteiger partial charge in [-0.15, -0.1) is 0 Å². The molecule has 0 bridgehead atoms. The van der Waals surface area contributed by atoms with Gasteiger partial charge in [0.2, 0.25) is 0 Å². The fourth-order valence-corrected chi connectivity index (χ4v) is 2.33. The minimum Gasteiger partial charge on any atom is -0.497 e. The lowest BCUT2D eigenvalue weighted by Crippen LogP contribution is -2.26. The molecule has 102 valence electrons. The maximum absolute atomic E-state index is 12.9. The Labute approximate surface area is 115 Å². The molecule has 0 N–H and O–H groups in total. The van der Waals surface area contributed by atoms with E-state index in [0.717, 1.165) is 5.56 Å². The van der Waals surface area contributed by atoms with Gasteiger partial charge in [0, 0.05) is 6.07 Å². The summed E-state index contributed by atoms with van der Waals surface area (Å²) in [6, 6.07) is 11.1. The van der Waals surface area contributed by atoms with Crippen molar-refractivity contribution in [2.45, 2.75) is 5.92 Å². The molecule has 0 spiro atoms. The van der Waals surface area contributed by atoms with Crippen molar-refractivity contribution in [3.63, 3.8) is 0 Å². The zero-order chi connectivity index (χ0) is 14.1. The minimum absolute atomic E-state index is 0.0134. The number of ketones is 1. The summed E-state index contributed by atoms with van der Waals surface area (Å²) in [5.74, 6) is 0.463. The number of Topliss-reactive ketones (excluding diaryl/α,β-unsaturated/α-hetero) is 1. The molecule has 20 heavy (non-hydrogen) atoms. The standard InChI is InChI=1S/C16H13FO3/c1-19-12-6-7-13-15(8-12)20-9-14(16(13)18)10-2-4-11(17)5-3-10/h2-8,14H,9H2,1H3. The number of hydrogen-bond acceptors (Lipinski definition) is 3. The van der Waals surface area contributed by atoms with Crippen LogP contribution >= 0.6 is 0 Å². The van der Waals surface area contributed by atoms with Crippen LogP contribution in [0.4, 0.5) is 4.39 Å². The van der Waals surface area contributed by atoms with Crippen LogP contribution in [-0.4, -0.2) is 19.5 Å². The van der Waals surface area contributed by atoms with Crippen LogP contribution in [0.1, 0.15) is 21.8 Å². The van der Waals surface area contributed by atoms with Crippen LogP contribution in [0.25, 0.3) is 0 Å². The van der Waals surface area contributed by atoms with Gasteiger partial charge < -0.3 is 9.47 Å². The first-order valence-electron chi connectivity index (χ1n) is 6.29. The lowest BCUT2D eigenvalue weighted by molar-refractivity contribution is 0.0896. The van der Waals surface area contributed by atoms with E-state index in [4.69, 9.17) is 9.47 Å². The predicted molar refractivity (Wildman–Crippen MR) is 72.0 cm³/mol. The molecule has 0 radical (unpaired) electrons. The maximum atomic E-state index is 12.9. The molecule has 0 saturated heterocycles.